The van der Waals surface area contributed by atoms with E-state index in [-0.39, 0.29) is 12.1 Å². The van der Waals surface area contributed by atoms with Crippen LogP contribution in [0, 0.1) is 6.92 Å². The van der Waals surface area contributed by atoms with Crippen molar-refractivity contribution < 1.29 is 25.8 Å². The number of benzene rings is 1. The van der Waals surface area contributed by atoms with Crippen LogP contribution < -0.4 is 9.74 Å². The molecule has 1 aromatic carbocycles. The van der Waals surface area contributed by atoms with Gasteiger partial charge in [0.25, 0.3) is 5.56 Å². The summed E-state index contributed by atoms with van der Waals surface area (Å²) >= 11 is 0. The third-order valence-corrected chi connectivity index (χ3v) is 3.86. The minimum atomic E-state index is -5.85. The minimum Gasteiger partial charge on any atom is -0.374 e. The Labute approximate surface area is 129 Å². The Morgan fingerprint density at radius 3 is 2.39 bits per heavy atom. The Bertz CT molecular complexity index is 861. The Morgan fingerprint density at radius 1 is 1.22 bits per heavy atom. The second-order valence-corrected chi connectivity index (χ2v) is 6.10. The van der Waals surface area contributed by atoms with Gasteiger partial charge in [-0.15, -0.1) is 0 Å². The van der Waals surface area contributed by atoms with Crippen molar-refractivity contribution in [3.05, 3.63) is 58.0 Å². The number of hydrogen-bond acceptors (Lipinski definition) is 5. The van der Waals surface area contributed by atoms with Crippen LogP contribution in [0.3, 0.4) is 0 Å². The summed E-state index contributed by atoms with van der Waals surface area (Å²) in [7, 11) is -5.85. The summed E-state index contributed by atoms with van der Waals surface area (Å²) in [5.74, 6) is -0.753. The topological polar surface area (TPSA) is 78.3 Å². The van der Waals surface area contributed by atoms with Gasteiger partial charge in [-0.1, -0.05) is 30.3 Å². The van der Waals surface area contributed by atoms with E-state index in [1.54, 1.807) is 30.3 Å². The fraction of sp³-hybridized carbons (Fsp3) is 0.231. The van der Waals surface area contributed by atoms with E-state index >= 15 is 0 Å². The van der Waals surface area contributed by atoms with E-state index in [2.05, 4.69) is 9.28 Å². The minimum absolute atomic E-state index is 0.0901. The van der Waals surface area contributed by atoms with Gasteiger partial charge in [-0.05, 0) is 12.5 Å². The van der Waals surface area contributed by atoms with Crippen molar-refractivity contribution in [2.45, 2.75) is 19.0 Å². The molecule has 10 heteroatoms. The van der Waals surface area contributed by atoms with Gasteiger partial charge >= 0.3 is 15.6 Å². The number of hydrogen-bond donors (Lipinski definition) is 0. The molecule has 0 saturated carbocycles. The lowest BCUT2D eigenvalue weighted by Gasteiger charge is -2.12. The molecule has 0 N–H and O–H groups in total. The molecule has 0 aliphatic carbocycles. The highest BCUT2D eigenvalue weighted by atomic mass is 32.2. The lowest BCUT2D eigenvalue weighted by atomic mass is 10.2. The van der Waals surface area contributed by atoms with E-state index in [0.29, 0.717) is 0 Å². The summed E-state index contributed by atoms with van der Waals surface area (Å²) in [6, 6.07) is 8.76. The van der Waals surface area contributed by atoms with Crippen LogP contribution in [-0.2, 0) is 16.7 Å². The van der Waals surface area contributed by atoms with Crippen LogP contribution in [0.4, 0.5) is 13.2 Å². The Morgan fingerprint density at radius 2 is 1.83 bits per heavy atom. The fourth-order valence-corrected chi connectivity index (χ4v) is 2.19. The van der Waals surface area contributed by atoms with Crippen LogP contribution in [0.1, 0.15) is 11.1 Å². The van der Waals surface area contributed by atoms with Gasteiger partial charge in [0.15, 0.2) is 5.75 Å². The van der Waals surface area contributed by atoms with E-state index in [1.165, 1.54) is 0 Å². The van der Waals surface area contributed by atoms with Crippen LogP contribution in [-0.4, -0.2) is 23.7 Å². The average Bonchev–Trinajstić information content (AvgIpc) is 2.47. The predicted octanol–water partition coefficient (Wildman–Crippen LogP) is 1.83. The quantitative estimate of drug-likeness (QED) is 0.622. The van der Waals surface area contributed by atoms with E-state index in [0.717, 1.165) is 23.4 Å². The van der Waals surface area contributed by atoms with Crippen molar-refractivity contribution in [3.63, 3.8) is 0 Å². The zero-order chi connectivity index (χ0) is 17.3. The summed E-state index contributed by atoms with van der Waals surface area (Å²) in [6.45, 7) is 1.25. The van der Waals surface area contributed by atoms with Crippen LogP contribution in [0.2, 0.25) is 0 Å². The van der Waals surface area contributed by atoms with Crippen LogP contribution in [0.5, 0.6) is 5.75 Å². The normalized spacial score (nSPS) is 12.2. The summed E-state index contributed by atoms with van der Waals surface area (Å²) < 4.78 is 63.8. The van der Waals surface area contributed by atoms with Crippen molar-refractivity contribution in [1.29, 1.82) is 0 Å². The first-order valence-electron chi connectivity index (χ1n) is 6.23. The second-order valence-electron chi connectivity index (χ2n) is 4.57. The molecule has 6 nitrogen and oxygen atoms in total. The maximum absolute atomic E-state index is 12.3. The maximum Gasteiger partial charge on any atom is 0.534 e. The largest absolute Gasteiger partial charge is 0.534 e. The van der Waals surface area contributed by atoms with Gasteiger partial charge in [0.2, 0.25) is 0 Å². The van der Waals surface area contributed by atoms with Gasteiger partial charge in [0.1, 0.15) is 0 Å². The third kappa shape index (κ3) is 3.70. The molecule has 124 valence electrons. The van der Waals surface area contributed by atoms with Crippen molar-refractivity contribution in [2.24, 2.45) is 0 Å². The van der Waals surface area contributed by atoms with Crippen LogP contribution in [0.15, 0.2) is 41.3 Å². The molecule has 0 radical (unpaired) electrons. The van der Waals surface area contributed by atoms with Crippen molar-refractivity contribution >= 4 is 10.1 Å². The summed E-state index contributed by atoms with van der Waals surface area (Å²) in [6.07, 6.45) is 0.767. The highest BCUT2D eigenvalue weighted by molar-refractivity contribution is 7.88. The van der Waals surface area contributed by atoms with Crippen molar-refractivity contribution in [2.75, 3.05) is 0 Å². The maximum atomic E-state index is 12.3. The molecule has 0 spiro atoms. The lowest BCUT2D eigenvalue weighted by molar-refractivity contribution is -0.0500. The SMILES string of the molecule is Cc1c(OS(=O)(=O)C(F)(F)F)cnn(Cc2ccccc2)c1=O. The molecule has 0 aliphatic heterocycles. The first-order valence-corrected chi connectivity index (χ1v) is 7.64. The molecule has 0 atom stereocenters. The molecule has 2 rings (SSSR count). The molecular weight excluding hydrogens is 337 g/mol. The monoisotopic (exact) mass is 348 g/mol. The van der Waals surface area contributed by atoms with E-state index in [4.69, 9.17) is 0 Å². The molecule has 0 saturated heterocycles. The Kier molecular flexibility index (Phi) is 4.46. The highest BCUT2D eigenvalue weighted by Gasteiger charge is 2.48. The van der Waals surface area contributed by atoms with Gasteiger partial charge in [0.05, 0.1) is 18.3 Å². The number of alkyl halides is 3. The molecule has 0 amide bonds. The Hall–Kier alpha value is -2.36. The first-order chi connectivity index (χ1) is 10.6. The molecule has 23 heavy (non-hydrogen) atoms. The average molecular weight is 348 g/mol. The number of nitrogens with zero attached hydrogens (tertiary/aromatic N) is 2. The van der Waals surface area contributed by atoms with Crippen molar-refractivity contribution in [1.82, 2.24) is 9.78 Å². The fourth-order valence-electron chi connectivity index (χ4n) is 1.69. The molecule has 1 heterocycles. The molecule has 0 bridgehead atoms. The third-order valence-electron chi connectivity index (χ3n) is 2.90. The van der Waals surface area contributed by atoms with Gasteiger partial charge in [-0.2, -0.15) is 26.7 Å². The molecular formula is C13H11F3N2O4S. The zero-order valence-electron chi connectivity index (χ0n) is 11.7. The molecule has 0 aliphatic rings. The molecule has 1 aromatic heterocycles. The predicted molar refractivity (Wildman–Crippen MR) is 74.4 cm³/mol. The van der Waals surface area contributed by atoms with Crippen molar-refractivity contribution in [3.8, 4) is 5.75 Å². The molecule has 2 aromatic rings. The lowest BCUT2D eigenvalue weighted by Crippen LogP contribution is -2.31. The van der Waals surface area contributed by atoms with Crippen LogP contribution in [0.25, 0.3) is 0 Å². The highest BCUT2D eigenvalue weighted by Crippen LogP contribution is 2.27. The smallest absolute Gasteiger partial charge is 0.374 e. The number of halogens is 3. The summed E-state index contributed by atoms with van der Waals surface area (Å²) in [5.41, 5.74) is -5.87. The van der Waals surface area contributed by atoms with E-state index in [1.807, 2.05) is 0 Å². The molecule has 0 unspecified atom stereocenters. The standard InChI is InChI=1S/C13H11F3N2O4S/c1-9-11(22-23(20,21)13(14,15)16)7-17-18(12(9)19)8-10-5-3-2-4-6-10/h2-7H,8H2,1H3. The summed E-state index contributed by atoms with van der Waals surface area (Å²) in [5, 5.41) is 3.65. The van der Waals surface area contributed by atoms with Gasteiger partial charge in [-0.3, -0.25) is 4.79 Å². The van der Waals surface area contributed by atoms with Gasteiger partial charge < -0.3 is 4.18 Å². The Balaban J connectivity index is 2.34. The van der Waals surface area contributed by atoms with E-state index < -0.39 is 26.9 Å². The number of rotatable bonds is 4. The molecule has 0 fully saturated rings. The number of aromatic nitrogens is 2. The van der Waals surface area contributed by atoms with E-state index in [9.17, 15) is 26.4 Å². The zero-order valence-corrected chi connectivity index (χ0v) is 12.6. The first kappa shape index (κ1) is 17.0. The summed E-state index contributed by atoms with van der Waals surface area (Å²) in [4.78, 5) is 12.1. The van der Waals surface area contributed by atoms with Crippen LogP contribution >= 0.6 is 0 Å². The van der Waals surface area contributed by atoms with Gasteiger partial charge in [0, 0.05) is 0 Å². The second kappa shape index (κ2) is 6.03. The van der Waals surface area contributed by atoms with Gasteiger partial charge in [-0.25, -0.2) is 4.68 Å².